The Morgan fingerprint density at radius 2 is 1.39 bits per heavy atom. The lowest BCUT2D eigenvalue weighted by Crippen LogP contribution is -2.21. The number of carbonyl (C=O) groups is 2. The molecule has 0 unspecified atom stereocenters. The summed E-state index contributed by atoms with van der Waals surface area (Å²) in [6.07, 6.45) is 0. The number of anilines is 2. The van der Waals surface area contributed by atoms with Crippen LogP contribution in [0.4, 0.5) is 11.4 Å². The van der Waals surface area contributed by atoms with E-state index in [4.69, 9.17) is 14.2 Å². The van der Waals surface area contributed by atoms with Gasteiger partial charge in [-0.2, -0.15) is 0 Å². The fraction of sp³-hybridized carbons (Fsp3) is 0.167. The van der Waals surface area contributed by atoms with Crippen molar-refractivity contribution in [3.05, 3.63) is 77.9 Å². The number of hydrogen-bond donors (Lipinski definition) is 2. The van der Waals surface area contributed by atoms with E-state index >= 15 is 0 Å². The molecule has 2 amide bonds. The second kappa shape index (κ2) is 10.2. The number of hydrogen-bond acceptors (Lipinski definition) is 5. The van der Waals surface area contributed by atoms with E-state index in [1.807, 2.05) is 25.1 Å². The second-order valence-corrected chi connectivity index (χ2v) is 6.72. The smallest absolute Gasteiger partial charge is 0.262 e. The first-order chi connectivity index (χ1) is 15.0. The highest BCUT2D eigenvalue weighted by atomic mass is 16.5. The van der Waals surface area contributed by atoms with E-state index in [2.05, 4.69) is 10.6 Å². The zero-order valence-electron chi connectivity index (χ0n) is 17.6. The highest BCUT2D eigenvalue weighted by Crippen LogP contribution is 2.36. The third-order valence-electron chi connectivity index (χ3n) is 4.47. The lowest BCUT2D eigenvalue weighted by Gasteiger charge is -2.16. The lowest BCUT2D eigenvalue weighted by atomic mass is 10.2. The SMILES string of the molecule is COc1cc(NC(=O)c2ccccc2)c(OC)cc1NC(=O)COc1ccc(C)cc1. The van der Waals surface area contributed by atoms with Crippen LogP contribution in [0.5, 0.6) is 17.2 Å². The first-order valence-electron chi connectivity index (χ1n) is 9.62. The maximum atomic E-state index is 12.5. The van der Waals surface area contributed by atoms with Gasteiger partial charge in [0, 0.05) is 17.7 Å². The molecule has 3 rings (SSSR count). The minimum absolute atomic E-state index is 0.166. The van der Waals surface area contributed by atoms with Gasteiger partial charge in [-0.15, -0.1) is 0 Å². The van der Waals surface area contributed by atoms with E-state index in [-0.39, 0.29) is 18.4 Å². The standard InChI is InChI=1S/C24H24N2O5/c1-16-9-11-18(12-10-16)31-15-23(27)25-19-13-22(30-3)20(14-21(19)29-2)26-24(28)17-7-5-4-6-8-17/h4-14H,15H2,1-3H3,(H,25,27)(H,26,28). The number of methoxy groups -OCH3 is 2. The molecule has 0 atom stereocenters. The third kappa shape index (κ3) is 5.76. The molecule has 0 saturated heterocycles. The summed E-state index contributed by atoms with van der Waals surface area (Å²) >= 11 is 0. The Balaban J connectivity index is 1.72. The zero-order valence-corrected chi connectivity index (χ0v) is 17.6. The van der Waals surface area contributed by atoms with Crippen LogP contribution < -0.4 is 24.8 Å². The van der Waals surface area contributed by atoms with Gasteiger partial charge in [-0.1, -0.05) is 35.9 Å². The van der Waals surface area contributed by atoms with E-state index in [9.17, 15) is 9.59 Å². The first-order valence-corrected chi connectivity index (χ1v) is 9.62. The quantitative estimate of drug-likeness (QED) is 0.568. The van der Waals surface area contributed by atoms with Crippen molar-refractivity contribution in [1.29, 1.82) is 0 Å². The highest BCUT2D eigenvalue weighted by Gasteiger charge is 2.16. The van der Waals surface area contributed by atoms with Crippen molar-refractivity contribution >= 4 is 23.2 Å². The first kappa shape index (κ1) is 21.7. The Labute approximate surface area is 180 Å². The second-order valence-electron chi connectivity index (χ2n) is 6.72. The maximum absolute atomic E-state index is 12.5. The average Bonchev–Trinajstić information content (AvgIpc) is 2.79. The van der Waals surface area contributed by atoms with Crippen LogP contribution in [0, 0.1) is 6.92 Å². The molecule has 0 fully saturated rings. The van der Waals surface area contributed by atoms with Gasteiger partial charge in [0.15, 0.2) is 6.61 Å². The molecule has 160 valence electrons. The van der Waals surface area contributed by atoms with Gasteiger partial charge in [-0.3, -0.25) is 9.59 Å². The van der Waals surface area contributed by atoms with Crippen LogP contribution in [0.3, 0.4) is 0 Å². The Morgan fingerprint density at radius 3 is 1.97 bits per heavy atom. The van der Waals surface area contributed by atoms with Crippen LogP contribution in [0.15, 0.2) is 66.7 Å². The summed E-state index contributed by atoms with van der Waals surface area (Å²) in [5, 5.41) is 5.55. The Hall–Kier alpha value is -4.00. The van der Waals surface area contributed by atoms with Crippen LogP contribution in [0.1, 0.15) is 15.9 Å². The number of carbonyl (C=O) groups excluding carboxylic acids is 2. The van der Waals surface area contributed by atoms with Crippen molar-refractivity contribution in [1.82, 2.24) is 0 Å². The molecule has 0 aliphatic heterocycles. The van der Waals surface area contributed by atoms with Crippen molar-refractivity contribution in [3.63, 3.8) is 0 Å². The molecule has 0 spiro atoms. The van der Waals surface area contributed by atoms with Crippen LogP contribution in [0.25, 0.3) is 0 Å². The molecule has 0 bridgehead atoms. The number of aryl methyl sites for hydroxylation is 1. The molecule has 3 aromatic rings. The van der Waals surface area contributed by atoms with E-state index in [1.54, 1.807) is 48.5 Å². The Bertz CT molecular complexity index is 1050. The van der Waals surface area contributed by atoms with Gasteiger partial charge in [0.25, 0.3) is 11.8 Å². The van der Waals surface area contributed by atoms with Crippen molar-refractivity contribution in [2.24, 2.45) is 0 Å². The molecule has 2 N–H and O–H groups in total. The number of amides is 2. The van der Waals surface area contributed by atoms with Gasteiger partial charge in [0.1, 0.15) is 17.2 Å². The normalized spacial score (nSPS) is 10.2. The number of ether oxygens (including phenoxy) is 3. The molecule has 3 aromatic carbocycles. The van der Waals surface area contributed by atoms with Gasteiger partial charge in [-0.05, 0) is 31.2 Å². The van der Waals surface area contributed by atoms with Gasteiger partial charge in [0.05, 0.1) is 25.6 Å². The maximum Gasteiger partial charge on any atom is 0.262 e. The predicted octanol–water partition coefficient (Wildman–Crippen LogP) is 4.28. The molecule has 7 nitrogen and oxygen atoms in total. The van der Waals surface area contributed by atoms with Crippen LogP contribution in [-0.2, 0) is 4.79 Å². The zero-order chi connectivity index (χ0) is 22.2. The van der Waals surface area contributed by atoms with E-state index in [0.717, 1.165) is 5.56 Å². The summed E-state index contributed by atoms with van der Waals surface area (Å²) in [6.45, 7) is 1.81. The summed E-state index contributed by atoms with van der Waals surface area (Å²) < 4.78 is 16.3. The predicted molar refractivity (Wildman–Crippen MR) is 119 cm³/mol. The molecule has 31 heavy (non-hydrogen) atoms. The summed E-state index contributed by atoms with van der Waals surface area (Å²) in [6, 6.07) is 19.4. The third-order valence-corrected chi connectivity index (χ3v) is 4.47. The Kier molecular flexibility index (Phi) is 7.11. The highest BCUT2D eigenvalue weighted by molar-refractivity contribution is 6.05. The lowest BCUT2D eigenvalue weighted by molar-refractivity contribution is -0.118. The van der Waals surface area contributed by atoms with Crippen LogP contribution in [-0.4, -0.2) is 32.6 Å². The van der Waals surface area contributed by atoms with Gasteiger partial charge < -0.3 is 24.8 Å². The summed E-state index contributed by atoms with van der Waals surface area (Å²) in [7, 11) is 2.95. The molecular weight excluding hydrogens is 396 g/mol. The van der Waals surface area contributed by atoms with Crippen molar-refractivity contribution in [2.45, 2.75) is 6.92 Å². The molecule has 7 heteroatoms. The van der Waals surface area contributed by atoms with E-state index < -0.39 is 0 Å². The monoisotopic (exact) mass is 420 g/mol. The van der Waals surface area contributed by atoms with Crippen LogP contribution in [0.2, 0.25) is 0 Å². The number of rotatable bonds is 8. The van der Waals surface area contributed by atoms with Crippen LogP contribution >= 0.6 is 0 Å². The molecule has 0 aliphatic carbocycles. The average molecular weight is 420 g/mol. The fourth-order valence-corrected chi connectivity index (χ4v) is 2.85. The molecular formula is C24H24N2O5. The topological polar surface area (TPSA) is 85.9 Å². The van der Waals surface area contributed by atoms with Gasteiger partial charge in [0.2, 0.25) is 0 Å². The largest absolute Gasteiger partial charge is 0.494 e. The number of nitrogens with one attached hydrogen (secondary N) is 2. The number of benzene rings is 3. The minimum atomic E-state index is -0.359. The van der Waals surface area contributed by atoms with Crippen molar-refractivity contribution in [3.8, 4) is 17.2 Å². The molecule has 0 aromatic heterocycles. The van der Waals surface area contributed by atoms with Crippen molar-refractivity contribution in [2.75, 3.05) is 31.5 Å². The summed E-state index contributed by atoms with van der Waals surface area (Å²) in [4.78, 5) is 24.9. The molecule has 0 saturated carbocycles. The van der Waals surface area contributed by atoms with E-state index in [0.29, 0.717) is 34.2 Å². The molecule has 0 heterocycles. The molecule has 0 radical (unpaired) electrons. The summed E-state index contributed by atoms with van der Waals surface area (Å²) in [5.41, 5.74) is 2.43. The van der Waals surface area contributed by atoms with E-state index in [1.165, 1.54) is 14.2 Å². The van der Waals surface area contributed by atoms with Crippen molar-refractivity contribution < 1.29 is 23.8 Å². The Morgan fingerprint density at radius 1 is 0.806 bits per heavy atom. The summed E-state index contributed by atoms with van der Waals surface area (Å²) in [5.74, 6) is 0.697. The minimum Gasteiger partial charge on any atom is -0.494 e. The van der Waals surface area contributed by atoms with Gasteiger partial charge in [-0.25, -0.2) is 0 Å². The molecule has 0 aliphatic rings. The fourth-order valence-electron chi connectivity index (χ4n) is 2.85. The van der Waals surface area contributed by atoms with Gasteiger partial charge >= 0.3 is 0 Å².